The minimum absolute atomic E-state index is 0.0502. The van der Waals surface area contributed by atoms with Gasteiger partial charge in [0.1, 0.15) is 12.8 Å². The van der Waals surface area contributed by atoms with Gasteiger partial charge in [0.15, 0.2) is 0 Å². The molecule has 6 fully saturated rings. The minimum atomic E-state index is -1.07. The molecule has 174 valence electrons. The van der Waals surface area contributed by atoms with Gasteiger partial charge >= 0.3 is 0 Å². The molecular weight excluding hydrogens is 442 g/mol. The van der Waals surface area contributed by atoms with Gasteiger partial charge in [0.2, 0.25) is 11.8 Å². The van der Waals surface area contributed by atoms with Crippen LogP contribution in [-0.2, 0) is 14.3 Å². The summed E-state index contributed by atoms with van der Waals surface area (Å²) in [4.78, 5) is 27.3. The number of alkyl halides is 3. The average molecular weight is 475 g/mol. The zero-order valence-electron chi connectivity index (χ0n) is 18.0. The average Bonchev–Trinajstić information content (AvgIpc) is 2.64. The molecule has 0 aromatic heterocycles. The van der Waals surface area contributed by atoms with E-state index < -0.39 is 11.5 Å². The standard InChI is InChI=1S/C23H33Cl2FN2O3/c24-16-3-1-14(2-4-16)15-8-28(9-15)21(30)22-11-23(12-22,13-22)27-20(29)10-31-17-5-6-18(25)19(26)7-17/h14-19H,1-13H2,(H,27,29). The van der Waals surface area contributed by atoms with Crippen LogP contribution in [0.5, 0.6) is 0 Å². The summed E-state index contributed by atoms with van der Waals surface area (Å²) >= 11 is 12.1. The zero-order chi connectivity index (χ0) is 21.8. The summed E-state index contributed by atoms with van der Waals surface area (Å²) in [7, 11) is 0. The molecule has 2 bridgehead atoms. The molecule has 1 saturated heterocycles. The largest absolute Gasteiger partial charge is 0.368 e. The molecule has 0 aromatic rings. The number of nitrogens with one attached hydrogen (secondary N) is 1. The third-order valence-electron chi connectivity index (χ3n) is 8.55. The number of likely N-dealkylation sites (tertiary alicyclic amines) is 1. The fourth-order valence-corrected chi connectivity index (χ4v) is 7.21. The molecular formula is C23H33Cl2FN2O3. The maximum atomic E-state index is 13.7. The van der Waals surface area contributed by atoms with Crippen molar-refractivity contribution in [2.75, 3.05) is 19.7 Å². The lowest BCUT2D eigenvalue weighted by atomic mass is 9.38. The number of carbonyl (C=O) groups excluding carboxylic acids is 2. The van der Waals surface area contributed by atoms with Crippen LogP contribution in [0.4, 0.5) is 4.39 Å². The number of ether oxygens (including phenoxy) is 1. The van der Waals surface area contributed by atoms with E-state index in [9.17, 15) is 14.0 Å². The zero-order valence-corrected chi connectivity index (χ0v) is 19.5. The highest BCUT2D eigenvalue weighted by molar-refractivity contribution is 6.21. The second-order valence-corrected chi connectivity index (χ2v) is 12.1. The van der Waals surface area contributed by atoms with Crippen molar-refractivity contribution in [3.63, 3.8) is 0 Å². The van der Waals surface area contributed by atoms with Gasteiger partial charge in [-0.05, 0) is 69.6 Å². The fraction of sp³-hybridized carbons (Fsp3) is 0.913. The quantitative estimate of drug-likeness (QED) is 0.595. The van der Waals surface area contributed by atoms with E-state index in [4.69, 9.17) is 27.9 Å². The van der Waals surface area contributed by atoms with Crippen LogP contribution >= 0.6 is 23.2 Å². The first kappa shape index (κ1) is 22.2. The van der Waals surface area contributed by atoms with Gasteiger partial charge in [-0.2, -0.15) is 0 Å². The van der Waals surface area contributed by atoms with Crippen LogP contribution in [0.2, 0.25) is 0 Å². The molecule has 3 unspecified atom stereocenters. The highest BCUT2D eigenvalue weighted by Gasteiger charge is 2.73. The van der Waals surface area contributed by atoms with Crippen molar-refractivity contribution in [2.45, 2.75) is 92.8 Å². The Morgan fingerprint density at radius 3 is 2.32 bits per heavy atom. The second kappa shape index (κ2) is 8.32. The first-order chi connectivity index (χ1) is 14.8. The van der Waals surface area contributed by atoms with E-state index >= 15 is 0 Å². The van der Waals surface area contributed by atoms with Gasteiger partial charge in [0.25, 0.3) is 0 Å². The van der Waals surface area contributed by atoms with Gasteiger partial charge in [-0.25, -0.2) is 4.39 Å². The van der Waals surface area contributed by atoms with Crippen molar-refractivity contribution in [3.8, 4) is 0 Å². The second-order valence-electron chi connectivity index (χ2n) is 10.9. The van der Waals surface area contributed by atoms with Crippen molar-refractivity contribution < 1.29 is 18.7 Å². The lowest BCUT2D eigenvalue weighted by Gasteiger charge is -2.70. The highest BCUT2D eigenvalue weighted by atomic mass is 35.5. The smallest absolute Gasteiger partial charge is 0.246 e. The van der Waals surface area contributed by atoms with Crippen molar-refractivity contribution in [1.29, 1.82) is 0 Å². The number of amides is 2. The number of hydrogen-bond acceptors (Lipinski definition) is 3. The number of rotatable bonds is 6. The molecule has 6 aliphatic rings. The van der Waals surface area contributed by atoms with Crippen LogP contribution in [0.1, 0.15) is 64.2 Å². The van der Waals surface area contributed by atoms with Gasteiger partial charge in [-0.15, -0.1) is 23.2 Å². The Balaban J connectivity index is 1.01. The fourth-order valence-electron chi connectivity index (χ4n) is 6.73. The molecule has 31 heavy (non-hydrogen) atoms. The van der Waals surface area contributed by atoms with E-state index in [1.165, 1.54) is 12.8 Å². The molecule has 3 atom stereocenters. The molecule has 2 amide bonds. The normalized spacial score (nSPS) is 44.6. The van der Waals surface area contributed by atoms with Crippen LogP contribution in [0.3, 0.4) is 0 Å². The first-order valence-corrected chi connectivity index (χ1v) is 12.8. The Labute approximate surface area is 193 Å². The summed E-state index contributed by atoms with van der Waals surface area (Å²) in [6.07, 6.45) is 7.05. The molecule has 0 radical (unpaired) electrons. The van der Waals surface area contributed by atoms with Gasteiger partial charge in [-0.1, -0.05) is 0 Å². The molecule has 5 saturated carbocycles. The predicted molar refractivity (Wildman–Crippen MR) is 117 cm³/mol. The van der Waals surface area contributed by atoms with Crippen molar-refractivity contribution >= 4 is 35.0 Å². The molecule has 5 nitrogen and oxygen atoms in total. The Kier molecular flexibility index (Phi) is 5.96. The number of hydrogen-bond donors (Lipinski definition) is 1. The molecule has 0 aromatic carbocycles. The third-order valence-corrected chi connectivity index (χ3v) is 9.48. The van der Waals surface area contributed by atoms with E-state index in [1.807, 2.05) is 4.90 Å². The lowest BCUT2D eigenvalue weighted by Crippen LogP contribution is -2.79. The third kappa shape index (κ3) is 4.21. The van der Waals surface area contributed by atoms with Gasteiger partial charge in [-0.3, -0.25) is 9.59 Å². The van der Waals surface area contributed by atoms with E-state index in [-0.39, 0.29) is 41.9 Å². The molecule has 5 aliphatic carbocycles. The molecule has 1 N–H and O–H groups in total. The summed E-state index contributed by atoms with van der Waals surface area (Å²) < 4.78 is 19.3. The summed E-state index contributed by atoms with van der Waals surface area (Å²) in [5.74, 6) is 1.49. The maximum Gasteiger partial charge on any atom is 0.246 e. The van der Waals surface area contributed by atoms with Crippen LogP contribution in [0.25, 0.3) is 0 Å². The molecule has 0 spiro atoms. The van der Waals surface area contributed by atoms with Gasteiger partial charge in [0, 0.05) is 30.4 Å². The Hall–Kier alpha value is -0.590. The molecule has 1 aliphatic heterocycles. The van der Waals surface area contributed by atoms with Gasteiger partial charge < -0.3 is 15.0 Å². The maximum absolute atomic E-state index is 13.7. The Morgan fingerprint density at radius 1 is 1.00 bits per heavy atom. The first-order valence-electron chi connectivity index (χ1n) is 11.9. The molecule has 6 rings (SSSR count). The topological polar surface area (TPSA) is 58.6 Å². The number of nitrogens with zero attached hydrogens (tertiary/aromatic N) is 1. The van der Waals surface area contributed by atoms with Crippen LogP contribution < -0.4 is 5.32 Å². The number of halogens is 3. The van der Waals surface area contributed by atoms with Crippen LogP contribution in [0.15, 0.2) is 0 Å². The summed E-state index contributed by atoms with van der Waals surface area (Å²) in [5, 5.41) is 2.97. The predicted octanol–water partition coefficient (Wildman–Crippen LogP) is 3.80. The van der Waals surface area contributed by atoms with E-state index in [0.29, 0.717) is 24.1 Å². The highest BCUT2D eigenvalue weighted by Crippen LogP contribution is 2.68. The van der Waals surface area contributed by atoms with Crippen LogP contribution in [-0.4, -0.2) is 65.0 Å². The SMILES string of the molecule is O=C(COC1CCC(Cl)C(F)C1)NC12CC(C(=O)N3CC(C4CCC(Cl)CC4)C3)(C1)C2. The molecule has 8 heteroatoms. The molecule has 1 heterocycles. The minimum Gasteiger partial charge on any atom is -0.368 e. The summed E-state index contributed by atoms with van der Waals surface area (Å²) in [6.45, 7) is 1.74. The lowest BCUT2D eigenvalue weighted by molar-refractivity contribution is -0.200. The Bertz CT molecular complexity index is 704. The monoisotopic (exact) mass is 474 g/mol. The van der Waals surface area contributed by atoms with Gasteiger partial charge in [0.05, 0.1) is 16.9 Å². The van der Waals surface area contributed by atoms with E-state index in [0.717, 1.165) is 51.1 Å². The van der Waals surface area contributed by atoms with Crippen molar-refractivity contribution in [1.82, 2.24) is 10.2 Å². The van der Waals surface area contributed by atoms with Crippen LogP contribution in [0, 0.1) is 17.3 Å². The Morgan fingerprint density at radius 2 is 1.68 bits per heavy atom. The summed E-state index contributed by atoms with van der Waals surface area (Å²) in [5.41, 5.74) is -0.470. The van der Waals surface area contributed by atoms with E-state index in [1.54, 1.807) is 0 Å². The van der Waals surface area contributed by atoms with Crippen molar-refractivity contribution in [3.05, 3.63) is 0 Å². The number of carbonyl (C=O) groups is 2. The summed E-state index contributed by atoms with van der Waals surface area (Å²) in [6, 6.07) is 0. The van der Waals surface area contributed by atoms with Crippen molar-refractivity contribution in [2.24, 2.45) is 17.3 Å². The van der Waals surface area contributed by atoms with E-state index in [2.05, 4.69) is 5.32 Å².